The molecule has 1 N–H and O–H groups in total. The third kappa shape index (κ3) is 1.92. The summed E-state index contributed by atoms with van der Waals surface area (Å²) in [6, 6.07) is 3.85. The van der Waals surface area contributed by atoms with Crippen molar-refractivity contribution in [3.63, 3.8) is 0 Å². The van der Waals surface area contributed by atoms with Crippen LogP contribution in [0, 0.1) is 0 Å². The molecule has 16 heavy (non-hydrogen) atoms. The number of halogens is 4. The molecule has 0 bridgehead atoms. The van der Waals surface area contributed by atoms with E-state index in [0.717, 1.165) is 18.9 Å². The quantitative estimate of drug-likeness (QED) is 0.853. The number of alkyl halides is 3. The van der Waals surface area contributed by atoms with Crippen LogP contribution in [0.1, 0.15) is 24.0 Å². The van der Waals surface area contributed by atoms with Crippen LogP contribution in [-0.4, -0.2) is 11.7 Å². The molecule has 0 radical (unpaired) electrons. The fraction of sp³-hybridized carbons (Fsp3) is 0.455. The number of rotatable bonds is 2. The normalized spacial score (nSPS) is 18.6. The van der Waals surface area contributed by atoms with Gasteiger partial charge in [-0.05, 0) is 30.5 Å². The van der Waals surface area contributed by atoms with E-state index in [1.165, 1.54) is 6.07 Å². The van der Waals surface area contributed by atoms with E-state index in [2.05, 4.69) is 0 Å². The minimum absolute atomic E-state index is 0.119. The minimum Gasteiger partial charge on any atom is -0.395 e. The standard InChI is InChI=1S/C11H10ClF3O/c12-9-2-1-7(10(6-16)3-4-10)5-8(9)11(13,14)15/h1-2,5,16H,3-4,6H2. The van der Waals surface area contributed by atoms with Crippen LogP contribution < -0.4 is 0 Å². The summed E-state index contributed by atoms with van der Waals surface area (Å²) in [7, 11) is 0. The molecule has 0 saturated heterocycles. The first-order valence-corrected chi connectivity index (χ1v) is 5.25. The van der Waals surface area contributed by atoms with Crippen molar-refractivity contribution in [2.24, 2.45) is 0 Å². The summed E-state index contributed by atoms with van der Waals surface area (Å²) >= 11 is 5.51. The van der Waals surface area contributed by atoms with Crippen molar-refractivity contribution < 1.29 is 18.3 Å². The molecule has 1 fully saturated rings. The van der Waals surface area contributed by atoms with Gasteiger partial charge in [0.2, 0.25) is 0 Å². The van der Waals surface area contributed by atoms with Crippen molar-refractivity contribution >= 4 is 11.6 Å². The van der Waals surface area contributed by atoms with Crippen LogP contribution in [0.4, 0.5) is 13.2 Å². The van der Waals surface area contributed by atoms with Gasteiger partial charge in [-0.25, -0.2) is 0 Å². The molecule has 0 amide bonds. The number of benzene rings is 1. The van der Waals surface area contributed by atoms with E-state index in [1.807, 2.05) is 0 Å². The van der Waals surface area contributed by atoms with Crippen LogP contribution in [0.5, 0.6) is 0 Å². The van der Waals surface area contributed by atoms with Gasteiger partial charge in [-0.1, -0.05) is 17.7 Å². The molecule has 0 atom stereocenters. The largest absolute Gasteiger partial charge is 0.417 e. The molecule has 0 unspecified atom stereocenters. The fourth-order valence-corrected chi connectivity index (χ4v) is 1.99. The van der Waals surface area contributed by atoms with E-state index in [9.17, 15) is 13.2 Å². The van der Waals surface area contributed by atoms with Gasteiger partial charge >= 0.3 is 6.18 Å². The van der Waals surface area contributed by atoms with Crippen LogP contribution in [0.2, 0.25) is 5.02 Å². The highest BCUT2D eigenvalue weighted by molar-refractivity contribution is 6.31. The second-order valence-electron chi connectivity index (χ2n) is 4.13. The summed E-state index contributed by atoms with van der Waals surface area (Å²) in [5, 5.41) is 8.86. The Bertz CT molecular complexity index is 410. The molecular formula is C11H10ClF3O. The predicted molar refractivity (Wildman–Crippen MR) is 54.5 cm³/mol. The minimum atomic E-state index is -4.45. The molecule has 0 heterocycles. The van der Waals surface area contributed by atoms with Crippen LogP contribution >= 0.6 is 11.6 Å². The Kier molecular flexibility index (Phi) is 2.67. The zero-order valence-electron chi connectivity index (χ0n) is 8.31. The van der Waals surface area contributed by atoms with Crippen molar-refractivity contribution in [2.75, 3.05) is 6.61 Å². The summed E-state index contributed by atoms with van der Waals surface area (Å²) in [5.74, 6) is 0. The maximum Gasteiger partial charge on any atom is 0.417 e. The highest BCUT2D eigenvalue weighted by Gasteiger charge is 2.45. The summed E-state index contributed by atoms with van der Waals surface area (Å²) in [5.41, 5.74) is -0.775. The number of aliphatic hydroxyl groups excluding tert-OH is 1. The lowest BCUT2D eigenvalue weighted by atomic mass is 9.95. The SMILES string of the molecule is OCC1(c2ccc(Cl)c(C(F)(F)F)c2)CC1. The van der Waals surface area contributed by atoms with E-state index in [-0.39, 0.29) is 11.6 Å². The summed E-state index contributed by atoms with van der Waals surface area (Å²) in [6.45, 7) is -0.119. The second-order valence-corrected chi connectivity index (χ2v) is 4.54. The van der Waals surface area contributed by atoms with E-state index in [4.69, 9.17) is 16.7 Å². The highest BCUT2D eigenvalue weighted by atomic mass is 35.5. The van der Waals surface area contributed by atoms with Crippen molar-refractivity contribution in [1.29, 1.82) is 0 Å². The van der Waals surface area contributed by atoms with Crippen LogP contribution in [-0.2, 0) is 11.6 Å². The first-order chi connectivity index (χ1) is 7.39. The molecule has 1 aromatic carbocycles. The summed E-state index contributed by atoms with van der Waals surface area (Å²) < 4.78 is 37.8. The lowest BCUT2D eigenvalue weighted by molar-refractivity contribution is -0.137. The maximum absolute atomic E-state index is 12.6. The molecular weight excluding hydrogens is 241 g/mol. The molecule has 2 rings (SSSR count). The van der Waals surface area contributed by atoms with Crippen molar-refractivity contribution in [3.8, 4) is 0 Å². The monoisotopic (exact) mass is 250 g/mol. The van der Waals surface area contributed by atoms with Gasteiger partial charge in [0, 0.05) is 5.41 Å². The average molecular weight is 251 g/mol. The van der Waals surface area contributed by atoms with Gasteiger partial charge in [-0.3, -0.25) is 0 Å². The van der Waals surface area contributed by atoms with Gasteiger partial charge in [0.1, 0.15) is 0 Å². The molecule has 0 aliphatic heterocycles. The topological polar surface area (TPSA) is 20.2 Å². The van der Waals surface area contributed by atoms with Gasteiger partial charge in [0.25, 0.3) is 0 Å². The number of aliphatic hydroxyl groups is 1. The zero-order valence-corrected chi connectivity index (χ0v) is 9.07. The number of hydrogen-bond donors (Lipinski definition) is 1. The Morgan fingerprint density at radius 2 is 1.94 bits per heavy atom. The van der Waals surface area contributed by atoms with E-state index in [0.29, 0.717) is 5.56 Å². The molecule has 0 spiro atoms. The lowest BCUT2D eigenvalue weighted by Gasteiger charge is -2.16. The summed E-state index contributed by atoms with van der Waals surface area (Å²) in [4.78, 5) is 0. The fourth-order valence-electron chi connectivity index (χ4n) is 1.76. The van der Waals surface area contributed by atoms with Crippen molar-refractivity contribution in [2.45, 2.75) is 24.4 Å². The Morgan fingerprint density at radius 3 is 2.38 bits per heavy atom. The molecule has 1 saturated carbocycles. The van der Waals surface area contributed by atoms with E-state index < -0.39 is 17.2 Å². The molecule has 1 nitrogen and oxygen atoms in total. The van der Waals surface area contributed by atoms with Crippen LogP contribution in [0.3, 0.4) is 0 Å². The molecule has 1 aromatic rings. The number of hydrogen-bond acceptors (Lipinski definition) is 1. The van der Waals surface area contributed by atoms with Crippen molar-refractivity contribution in [3.05, 3.63) is 34.3 Å². The Labute approximate surface area is 95.8 Å². The third-order valence-corrected chi connectivity index (χ3v) is 3.37. The third-order valence-electron chi connectivity index (χ3n) is 3.04. The molecule has 1 aliphatic carbocycles. The molecule has 5 heteroatoms. The Hall–Kier alpha value is -0.740. The molecule has 88 valence electrons. The van der Waals surface area contributed by atoms with Gasteiger partial charge in [0.15, 0.2) is 0 Å². The van der Waals surface area contributed by atoms with Gasteiger partial charge in [0.05, 0.1) is 17.2 Å². The van der Waals surface area contributed by atoms with Crippen molar-refractivity contribution in [1.82, 2.24) is 0 Å². The van der Waals surface area contributed by atoms with Gasteiger partial charge in [-0.2, -0.15) is 13.2 Å². The van der Waals surface area contributed by atoms with Gasteiger partial charge in [-0.15, -0.1) is 0 Å². The van der Waals surface area contributed by atoms with Crippen LogP contribution in [0.25, 0.3) is 0 Å². The highest BCUT2D eigenvalue weighted by Crippen LogP contribution is 2.49. The smallest absolute Gasteiger partial charge is 0.395 e. The molecule has 0 aromatic heterocycles. The first-order valence-electron chi connectivity index (χ1n) is 4.87. The first kappa shape index (κ1) is 11.7. The zero-order chi connectivity index (χ0) is 12.0. The van der Waals surface area contributed by atoms with E-state index in [1.54, 1.807) is 6.07 Å². The summed E-state index contributed by atoms with van der Waals surface area (Å²) in [6.07, 6.45) is -3.00. The second kappa shape index (κ2) is 3.64. The lowest BCUT2D eigenvalue weighted by Crippen LogP contribution is -2.14. The van der Waals surface area contributed by atoms with E-state index >= 15 is 0 Å². The predicted octanol–water partition coefficient (Wildman–Crippen LogP) is 3.38. The molecule has 1 aliphatic rings. The maximum atomic E-state index is 12.6. The van der Waals surface area contributed by atoms with Crippen LogP contribution in [0.15, 0.2) is 18.2 Å². The Morgan fingerprint density at radius 1 is 1.31 bits per heavy atom. The van der Waals surface area contributed by atoms with Gasteiger partial charge < -0.3 is 5.11 Å². The average Bonchev–Trinajstić information content (AvgIpc) is 2.97. The Balaban J connectivity index is 2.44.